The number of methoxy groups -OCH3 is 1. The average Bonchev–Trinajstić information content (AvgIpc) is 2.58. The van der Waals surface area contributed by atoms with Crippen molar-refractivity contribution in [3.8, 4) is 11.5 Å². The van der Waals surface area contributed by atoms with Crippen LogP contribution in [-0.2, 0) is 11.3 Å². The third-order valence-electron chi connectivity index (χ3n) is 3.37. The highest BCUT2D eigenvalue weighted by atomic mass is 16.5. The van der Waals surface area contributed by atoms with Crippen LogP contribution in [0.3, 0.4) is 0 Å². The van der Waals surface area contributed by atoms with E-state index in [0.29, 0.717) is 24.6 Å². The molecule has 1 amide bonds. The van der Waals surface area contributed by atoms with Crippen molar-refractivity contribution in [3.63, 3.8) is 0 Å². The zero-order chi connectivity index (χ0) is 15.8. The Morgan fingerprint density at radius 3 is 2.27 bits per heavy atom. The molecule has 0 unspecified atom stereocenters. The second-order valence-corrected chi connectivity index (χ2v) is 4.83. The first-order chi connectivity index (χ1) is 10.7. The second kappa shape index (κ2) is 8.08. The maximum absolute atomic E-state index is 12.3. The van der Waals surface area contributed by atoms with Gasteiger partial charge in [-0.2, -0.15) is 0 Å². The number of ether oxygens (including phenoxy) is 2. The van der Waals surface area contributed by atoms with Gasteiger partial charge in [0, 0.05) is 13.1 Å². The quantitative estimate of drug-likeness (QED) is 0.788. The van der Waals surface area contributed by atoms with Gasteiger partial charge in [-0.1, -0.05) is 42.5 Å². The first kappa shape index (κ1) is 15.9. The summed E-state index contributed by atoms with van der Waals surface area (Å²) in [6.45, 7) is 3.19. The molecule has 2 rings (SSSR count). The van der Waals surface area contributed by atoms with Gasteiger partial charge in [0.2, 0.25) is 0 Å². The Kier molecular flexibility index (Phi) is 5.83. The van der Waals surface area contributed by atoms with E-state index in [-0.39, 0.29) is 12.5 Å². The van der Waals surface area contributed by atoms with Gasteiger partial charge in [0.25, 0.3) is 5.91 Å². The van der Waals surface area contributed by atoms with E-state index in [0.717, 1.165) is 5.56 Å². The minimum atomic E-state index is -0.0442. The summed E-state index contributed by atoms with van der Waals surface area (Å²) in [5.41, 5.74) is 1.11. The maximum Gasteiger partial charge on any atom is 0.260 e. The molecule has 0 spiro atoms. The van der Waals surface area contributed by atoms with Crippen LogP contribution in [0.15, 0.2) is 54.6 Å². The fraction of sp³-hybridized carbons (Fsp3) is 0.278. The number of para-hydroxylation sites is 2. The van der Waals surface area contributed by atoms with E-state index in [4.69, 9.17) is 9.47 Å². The lowest BCUT2D eigenvalue weighted by molar-refractivity contribution is -0.133. The first-order valence-electron chi connectivity index (χ1n) is 7.32. The van der Waals surface area contributed by atoms with Crippen LogP contribution in [0.25, 0.3) is 0 Å². The predicted octanol–water partition coefficient (Wildman–Crippen LogP) is 3.12. The first-order valence-corrected chi connectivity index (χ1v) is 7.32. The number of carbonyl (C=O) groups excluding carboxylic acids is 1. The van der Waals surface area contributed by atoms with Crippen molar-refractivity contribution >= 4 is 5.91 Å². The Morgan fingerprint density at radius 2 is 1.64 bits per heavy atom. The van der Waals surface area contributed by atoms with Crippen LogP contribution in [0.1, 0.15) is 12.5 Å². The third kappa shape index (κ3) is 4.25. The SMILES string of the molecule is CCN(Cc1ccccc1)C(=O)COc1ccccc1OC. The van der Waals surface area contributed by atoms with Crippen LogP contribution in [-0.4, -0.2) is 31.1 Å². The molecule has 2 aromatic carbocycles. The van der Waals surface area contributed by atoms with Crippen LogP contribution in [0, 0.1) is 0 Å². The molecule has 0 atom stereocenters. The van der Waals surface area contributed by atoms with Crippen LogP contribution >= 0.6 is 0 Å². The standard InChI is InChI=1S/C18H21NO3/c1-3-19(13-15-9-5-4-6-10-15)18(20)14-22-17-12-8-7-11-16(17)21-2/h4-12H,3,13-14H2,1-2H3. The van der Waals surface area contributed by atoms with Crippen LogP contribution in [0.5, 0.6) is 11.5 Å². The molecule has 2 aromatic rings. The predicted molar refractivity (Wildman–Crippen MR) is 86.0 cm³/mol. The van der Waals surface area contributed by atoms with Crippen LogP contribution in [0.4, 0.5) is 0 Å². The summed E-state index contributed by atoms with van der Waals surface area (Å²) >= 11 is 0. The minimum Gasteiger partial charge on any atom is -0.493 e. The summed E-state index contributed by atoms with van der Waals surface area (Å²) in [6.07, 6.45) is 0. The summed E-state index contributed by atoms with van der Waals surface area (Å²) in [5.74, 6) is 1.16. The number of benzene rings is 2. The van der Waals surface area contributed by atoms with Crippen molar-refractivity contribution < 1.29 is 14.3 Å². The van der Waals surface area contributed by atoms with Gasteiger partial charge >= 0.3 is 0 Å². The largest absolute Gasteiger partial charge is 0.493 e. The van der Waals surface area contributed by atoms with Crippen molar-refractivity contribution in [2.75, 3.05) is 20.3 Å². The highest BCUT2D eigenvalue weighted by Gasteiger charge is 2.14. The Labute approximate surface area is 131 Å². The van der Waals surface area contributed by atoms with Gasteiger partial charge in [-0.25, -0.2) is 0 Å². The van der Waals surface area contributed by atoms with E-state index in [1.165, 1.54) is 0 Å². The number of carbonyl (C=O) groups is 1. The smallest absolute Gasteiger partial charge is 0.260 e. The molecule has 0 aliphatic carbocycles. The molecule has 0 N–H and O–H groups in total. The van der Waals surface area contributed by atoms with Gasteiger partial charge < -0.3 is 14.4 Å². The molecule has 0 aliphatic rings. The van der Waals surface area contributed by atoms with Crippen molar-refractivity contribution in [2.24, 2.45) is 0 Å². The fourth-order valence-corrected chi connectivity index (χ4v) is 2.15. The normalized spacial score (nSPS) is 10.1. The number of rotatable bonds is 7. The van der Waals surface area contributed by atoms with E-state index < -0.39 is 0 Å². The molecule has 0 aliphatic heterocycles. The molecule has 0 saturated heterocycles. The number of hydrogen-bond acceptors (Lipinski definition) is 3. The van der Waals surface area contributed by atoms with Gasteiger partial charge in [0.05, 0.1) is 7.11 Å². The molecule has 4 heteroatoms. The monoisotopic (exact) mass is 299 g/mol. The van der Waals surface area contributed by atoms with E-state index in [2.05, 4.69) is 0 Å². The van der Waals surface area contributed by atoms with Gasteiger partial charge in [-0.3, -0.25) is 4.79 Å². The van der Waals surface area contributed by atoms with E-state index >= 15 is 0 Å². The molecule has 0 saturated carbocycles. The zero-order valence-electron chi connectivity index (χ0n) is 13.0. The maximum atomic E-state index is 12.3. The van der Waals surface area contributed by atoms with Crippen molar-refractivity contribution in [3.05, 3.63) is 60.2 Å². The number of hydrogen-bond donors (Lipinski definition) is 0. The molecular weight excluding hydrogens is 278 g/mol. The van der Waals surface area contributed by atoms with Crippen molar-refractivity contribution in [1.29, 1.82) is 0 Å². The van der Waals surface area contributed by atoms with Crippen molar-refractivity contribution in [2.45, 2.75) is 13.5 Å². The lowest BCUT2D eigenvalue weighted by Gasteiger charge is -2.21. The Hall–Kier alpha value is -2.49. The molecule has 4 nitrogen and oxygen atoms in total. The third-order valence-corrected chi connectivity index (χ3v) is 3.37. The fourth-order valence-electron chi connectivity index (χ4n) is 2.15. The van der Waals surface area contributed by atoms with Crippen LogP contribution < -0.4 is 9.47 Å². The lowest BCUT2D eigenvalue weighted by atomic mass is 10.2. The van der Waals surface area contributed by atoms with Crippen LogP contribution in [0.2, 0.25) is 0 Å². The van der Waals surface area contributed by atoms with E-state index in [9.17, 15) is 4.79 Å². The molecule has 0 heterocycles. The summed E-state index contributed by atoms with van der Waals surface area (Å²) in [4.78, 5) is 14.1. The number of amides is 1. The molecule has 22 heavy (non-hydrogen) atoms. The summed E-state index contributed by atoms with van der Waals surface area (Å²) < 4.78 is 10.8. The molecule has 0 fully saturated rings. The van der Waals surface area contributed by atoms with Gasteiger partial charge in [0.15, 0.2) is 18.1 Å². The zero-order valence-corrected chi connectivity index (χ0v) is 13.0. The highest BCUT2D eigenvalue weighted by Crippen LogP contribution is 2.25. The van der Waals surface area contributed by atoms with Crippen molar-refractivity contribution in [1.82, 2.24) is 4.90 Å². The summed E-state index contributed by atoms with van der Waals surface area (Å²) in [5, 5.41) is 0. The average molecular weight is 299 g/mol. The molecule has 0 aromatic heterocycles. The Morgan fingerprint density at radius 1 is 1.00 bits per heavy atom. The lowest BCUT2D eigenvalue weighted by Crippen LogP contribution is -2.34. The molecular formula is C18H21NO3. The minimum absolute atomic E-state index is 0.00104. The molecule has 0 radical (unpaired) electrons. The van der Waals surface area contributed by atoms with E-state index in [1.807, 2.05) is 49.4 Å². The Bertz CT molecular complexity index is 598. The summed E-state index contributed by atoms with van der Waals surface area (Å²) in [6, 6.07) is 17.2. The molecule has 116 valence electrons. The molecule has 0 bridgehead atoms. The Balaban J connectivity index is 1.95. The number of likely N-dealkylation sites (N-methyl/N-ethyl adjacent to an activating group) is 1. The topological polar surface area (TPSA) is 38.8 Å². The van der Waals surface area contributed by atoms with Gasteiger partial charge in [0.1, 0.15) is 0 Å². The van der Waals surface area contributed by atoms with Gasteiger partial charge in [-0.05, 0) is 24.6 Å². The summed E-state index contributed by atoms with van der Waals surface area (Å²) in [7, 11) is 1.58. The second-order valence-electron chi connectivity index (χ2n) is 4.83. The van der Waals surface area contributed by atoms with E-state index in [1.54, 1.807) is 24.1 Å². The number of nitrogens with zero attached hydrogens (tertiary/aromatic N) is 1. The highest BCUT2D eigenvalue weighted by molar-refractivity contribution is 5.77. The van der Waals surface area contributed by atoms with Gasteiger partial charge in [-0.15, -0.1) is 0 Å².